The number of rotatable bonds is 2. The van der Waals surface area contributed by atoms with E-state index in [1.807, 2.05) is 0 Å². The summed E-state index contributed by atoms with van der Waals surface area (Å²) in [5, 5.41) is 7.74. The molecular formula is C32H28B8O. The predicted octanol–water partition coefficient (Wildman–Crippen LogP) is -4.71. The van der Waals surface area contributed by atoms with Crippen molar-refractivity contribution in [2.45, 2.75) is 0 Å². The predicted molar refractivity (Wildman–Crippen MR) is 205 cm³/mol. The van der Waals surface area contributed by atoms with E-state index < -0.39 is 0 Å². The largest absolute Gasteiger partial charge is 0.455 e. The van der Waals surface area contributed by atoms with Gasteiger partial charge in [0.1, 0.15) is 73.9 Å². The standard InChI is InChI=1S/C32H28B8O/c33-24-20-18(13-7-2-1-3-8-13)21-23(27(36)31(40)29(38)25(21)34)19(22(20)26(35)30(39)28(24)37)16-11-6-10-15-14-9-4-5-12-17(14)41-32(15)16/h1-12H,33-40H2. The Morgan fingerprint density at radius 1 is 0.390 bits per heavy atom. The first-order chi connectivity index (χ1) is 19.7. The van der Waals surface area contributed by atoms with Crippen LogP contribution in [-0.4, -0.2) is 62.8 Å². The van der Waals surface area contributed by atoms with Crippen LogP contribution in [0.3, 0.4) is 0 Å². The maximum Gasteiger partial charge on any atom is 0.143 e. The third-order valence-corrected chi connectivity index (χ3v) is 10.1. The van der Waals surface area contributed by atoms with Crippen LogP contribution in [0.5, 0.6) is 0 Å². The van der Waals surface area contributed by atoms with Gasteiger partial charge in [-0.05, 0) is 44.3 Å². The summed E-state index contributed by atoms with van der Waals surface area (Å²) < 4.78 is 6.70. The fraction of sp³-hybridized carbons (Fsp3) is 0. The second-order valence-corrected chi connectivity index (χ2v) is 11.9. The molecule has 7 rings (SSSR count). The van der Waals surface area contributed by atoms with Crippen molar-refractivity contribution in [1.82, 2.24) is 0 Å². The summed E-state index contributed by atoms with van der Waals surface area (Å²) >= 11 is 0. The van der Waals surface area contributed by atoms with Gasteiger partial charge in [-0.15, -0.1) is 21.9 Å². The molecule has 0 radical (unpaired) electrons. The van der Waals surface area contributed by atoms with E-state index in [0.29, 0.717) is 0 Å². The van der Waals surface area contributed by atoms with Crippen LogP contribution < -0.4 is 43.7 Å². The van der Waals surface area contributed by atoms with Crippen molar-refractivity contribution >= 4 is 150 Å². The Hall–Kier alpha value is -3.84. The number of furan rings is 1. The normalized spacial score (nSPS) is 11.7. The van der Waals surface area contributed by atoms with Crippen molar-refractivity contribution in [2.75, 3.05) is 0 Å². The van der Waals surface area contributed by atoms with E-state index in [4.69, 9.17) is 4.42 Å². The summed E-state index contributed by atoms with van der Waals surface area (Å²) in [5.41, 5.74) is 17.9. The quantitative estimate of drug-likeness (QED) is 0.167. The Morgan fingerprint density at radius 2 is 0.854 bits per heavy atom. The van der Waals surface area contributed by atoms with Crippen LogP contribution in [0.25, 0.3) is 65.7 Å². The Labute approximate surface area is 248 Å². The average molecular weight is 515 g/mol. The fourth-order valence-corrected chi connectivity index (χ4v) is 7.23. The fourth-order valence-electron chi connectivity index (χ4n) is 7.23. The first kappa shape index (κ1) is 26.1. The molecule has 0 fully saturated rings. The van der Waals surface area contributed by atoms with Crippen LogP contribution in [0.15, 0.2) is 77.2 Å². The summed E-state index contributed by atoms with van der Waals surface area (Å²) in [4.78, 5) is 0. The number of benzene rings is 6. The molecule has 0 aliphatic carbocycles. The van der Waals surface area contributed by atoms with E-state index in [0.717, 1.165) is 11.2 Å². The first-order valence-electron chi connectivity index (χ1n) is 14.6. The van der Waals surface area contributed by atoms with E-state index in [9.17, 15) is 0 Å². The molecule has 1 heterocycles. The molecule has 1 nitrogen and oxygen atoms in total. The summed E-state index contributed by atoms with van der Waals surface area (Å²) in [5.74, 6) is 0. The maximum atomic E-state index is 6.70. The second-order valence-electron chi connectivity index (χ2n) is 11.9. The topological polar surface area (TPSA) is 13.1 Å². The highest BCUT2D eigenvalue weighted by atomic mass is 16.3. The van der Waals surface area contributed by atoms with Gasteiger partial charge in [0.25, 0.3) is 0 Å². The lowest BCUT2D eigenvalue weighted by molar-refractivity contribution is 0.670. The second kappa shape index (κ2) is 9.35. The minimum Gasteiger partial charge on any atom is -0.455 e. The minimum atomic E-state index is 0.935. The summed E-state index contributed by atoms with van der Waals surface area (Å²) in [7, 11) is 18.4. The Bertz CT molecular complexity index is 2160. The molecule has 41 heavy (non-hydrogen) atoms. The molecular weight excluding hydrogens is 487 g/mol. The molecule has 0 amide bonds. The Balaban J connectivity index is 1.86. The van der Waals surface area contributed by atoms with E-state index in [1.165, 1.54) is 98.3 Å². The molecule has 6 aromatic carbocycles. The molecule has 9 heteroatoms. The maximum absolute atomic E-state index is 6.70. The van der Waals surface area contributed by atoms with Crippen LogP contribution in [-0.2, 0) is 0 Å². The third-order valence-electron chi connectivity index (χ3n) is 10.1. The molecule has 0 atom stereocenters. The highest BCUT2D eigenvalue weighted by Gasteiger charge is 2.26. The number of fused-ring (bicyclic) bond motifs is 5. The molecule has 186 valence electrons. The van der Waals surface area contributed by atoms with Crippen LogP contribution in [0, 0.1) is 0 Å². The lowest BCUT2D eigenvalue weighted by Gasteiger charge is -2.28. The van der Waals surface area contributed by atoms with Gasteiger partial charge < -0.3 is 4.42 Å². The molecule has 0 aliphatic rings. The van der Waals surface area contributed by atoms with Gasteiger partial charge in [-0.2, -0.15) is 0 Å². The molecule has 7 aromatic rings. The molecule has 0 saturated carbocycles. The average Bonchev–Trinajstić information content (AvgIpc) is 3.38. The van der Waals surface area contributed by atoms with Gasteiger partial charge in [-0.25, -0.2) is 0 Å². The Kier molecular flexibility index (Phi) is 5.95. The van der Waals surface area contributed by atoms with Gasteiger partial charge in [0, 0.05) is 16.3 Å². The van der Waals surface area contributed by atoms with Crippen molar-refractivity contribution in [3.63, 3.8) is 0 Å². The van der Waals surface area contributed by atoms with Crippen LogP contribution >= 0.6 is 0 Å². The number of para-hydroxylation sites is 2. The zero-order valence-corrected chi connectivity index (χ0v) is 25.3. The first-order valence-corrected chi connectivity index (χ1v) is 14.6. The van der Waals surface area contributed by atoms with Gasteiger partial charge in [0.15, 0.2) is 0 Å². The zero-order valence-electron chi connectivity index (χ0n) is 25.3. The lowest BCUT2D eigenvalue weighted by Crippen LogP contribution is -2.50. The summed E-state index contributed by atoms with van der Waals surface area (Å²) in [6.45, 7) is 0. The molecule has 0 aliphatic heterocycles. The smallest absolute Gasteiger partial charge is 0.143 e. The lowest BCUT2D eigenvalue weighted by atomic mass is 9.59. The van der Waals surface area contributed by atoms with Crippen molar-refractivity contribution < 1.29 is 4.42 Å². The monoisotopic (exact) mass is 516 g/mol. The molecule has 1 aromatic heterocycles. The van der Waals surface area contributed by atoms with Crippen LogP contribution in [0.2, 0.25) is 0 Å². The SMILES string of the molecule is Bc1c(B)c(B)c2c(-c3cccc4c3oc3ccccc34)c3c(B)c(B)c(B)c(B)c3c(-c3ccccc3)c2c1B. The zero-order chi connectivity index (χ0) is 28.7. The van der Waals surface area contributed by atoms with E-state index in [2.05, 4.69) is 136 Å². The summed E-state index contributed by atoms with van der Waals surface area (Å²) in [6.07, 6.45) is 0. The minimum absolute atomic E-state index is 0.935. The molecule has 0 N–H and O–H groups in total. The van der Waals surface area contributed by atoms with Crippen molar-refractivity contribution in [1.29, 1.82) is 0 Å². The van der Waals surface area contributed by atoms with Gasteiger partial charge in [0.2, 0.25) is 0 Å². The molecule has 0 spiro atoms. The van der Waals surface area contributed by atoms with Crippen molar-refractivity contribution in [3.8, 4) is 22.3 Å². The molecule has 0 unspecified atom stereocenters. The van der Waals surface area contributed by atoms with E-state index in [1.54, 1.807) is 0 Å². The molecule has 0 saturated heterocycles. The van der Waals surface area contributed by atoms with Crippen LogP contribution in [0.1, 0.15) is 0 Å². The Morgan fingerprint density at radius 3 is 1.41 bits per heavy atom. The van der Waals surface area contributed by atoms with E-state index >= 15 is 0 Å². The molecule has 0 bridgehead atoms. The van der Waals surface area contributed by atoms with Crippen molar-refractivity contribution in [2.24, 2.45) is 0 Å². The highest BCUT2D eigenvalue weighted by molar-refractivity contribution is 6.71. The van der Waals surface area contributed by atoms with Gasteiger partial charge in [-0.1, -0.05) is 88.6 Å². The van der Waals surface area contributed by atoms with Crippen LogP contribution in [0.4, 0.5) is 0 Å². The third kappa shape index (κ3) is 3.54. The summed E-state index contributed by atoms with van der Waals surface area (Å²) in [6, 6.07) is 26.1. The van der Waals surface area contributed by atoms with E-state index in [-0.39, 0.29) is 0 Å². The number of hydrogen-bond acceptors (Lipinski definition) is 1. The van der Waals surface area contributed by atoms with Crippen molar-refractivity contribution in [3.05, 3.63) is 72.8 Å². The van der Waals surface area contributed by atoms with Gasteiger partial charge >= 0.3 is 0 Å². The number of hydrogen-bond donors (Lipinski definition) is 0. The van der Waals surface area contributed by atoms with Gasteiger partial charge in [0.05, 0.1) is 0 Å². The van der Waals surface area contributed by atoms with Gasteiger partial charge in [-0.3, -0.25) is 0 Å². The highest BCUT2D eigenvalue weighted by Crippen LogP contribution is 2.44.